The van der Waals surface area contributed by atoms with Crippen molar-refractivity contribution in [3.63, 3.8) is 0 Å². The van der Waals surface area contributed by atoms with Crippen molar-refractivity contribution < 1.29 is 10.0 Å². The topological polar surface area (TPSA) is 61.7 Å². The van der Waals surface area contributed by atoms with E-state index in [1.54, 1.807) is 11.7 Å². The van der Waals surface area contributed by atoms with Gasteiger partial charge in [0.05, 0.1) is 5.92 Å². The monoisotopic (exact) mass is 154 g/mol. The van der Waals surface area contributed by atoms with E-state index >= 15 is 0 Å². The van der Waals surface area contributed by atoms with Gasteiger partial charge >= 0.3 is 0 Å². The fraction of sp³-hybridized carbons (Fsp3) is 0.429. The minimum atomic E-state index is -0.405. The first-order chi connectivity index (χ1) is 5.24. The number of nitrogens with one attached hydrogen (secondary N) is 1. The highest BCUT2D eigenvalue weighted by Gasteiger charge is 2.16. The molecule has 0 radical (unpaired) electrons. The molecule has 0 spiro atoms. The summed E-state index contributed by atoms with van der Waals surface area (Å²) in [6.07, 6.45) is 4.02. The van der Waals surface area contributed by atoms with Gasteiger partial charge in [0.15, 0.2) is 0 Å². The highest BCUT2D eigenvalue weighted by atomic mass is 16.5. The highest BCUT2D eigenvalue weighted by molar-refractivity contribution is 5.93. The molecule has 1 atom stereocenters. The third kappa shape index (κ3) is 1.88. The molecule has 1 heterocycles. The summed E-state index contributed by atoms with van der Waals surface area (Å²) in [7, 11) is 0. The van der Waals surface area contributed by atoms with E-state index in [9.17, 15) is 4.79 Å². The summed E-state index contributed by atoms with van der Waals surface area (Å²) in [4.78, 5) is 14.7. The van der Waals surface area contributed by atoms with Crippen LogP contribution in [0.15, 0.2) is 16.8 Å². The molecule has 0 aromatic rings. The molecular weight excluding hydrogens is 144 g/mol. The lowest BCUT2D eigenvalue weighted by atomic mass is 10.0. The van der Waals surface area contributed by atoms with E-state index in [0.717, 1.165) is 5.70 Å². The molecule has 0 fully saturated rings. The Labute approximate surface area is 64.6 Å². The number of hydrogen-bond acceptors (Lipinski definition) is 3. The zero-order valence-electron chi connectivity index (χ0n) is 6.24. The Bertz CT molecular complexity index is 220. The second-order valence-corrected chi connectivity index (χ2v) is 2.44. The molecule has 2 N–H and O–H groups in total. The first-order valence-electron chi connectivity index (χ1n) is 3.39. The zero-order chi connectivity index (χ0) is 8.27. The van der Waals surface area contributed by atoms with Crippen molar-refractivity contribution in [3.8, 4) is 0 Å². The number of allylic oxidation sites excluding steroid dienone is 2. The molecule has 0 aliphatic carbocycles. The Balaban J connectivity index is 2.55. The number of carbonyl (C=O) groups excluding carboxylic acids is 1. The van der Waals surface area contributed by atoms with Gasteiger partial charge in [0.2, 0.25) is 0 Å². The van der Waals surface area contributed by atoms with Gasteiger partial charge in [-0.25, -0.2) is 5.48 Å². The third-order valence-corrected chi connectivity index (χ3v) is 1.57. The Morgan fingerprint density at radius 3 is 3.09 bits per heavy atom. The minimum absolute atomic E-state index is 0.316. The van der Waals surface area contributed by atoms with Crippen molar-refractivity contribution >= 4 is 12.1 Å². The van der Waals surface area contributed by atoms with Crippen LogP contribution >= 0.6 is 0 Å². The molecular formula is C7H10N2O2. The zero-order valence-corrected chi connectivity index (χ0v) is 6.24. The largest absolute Gasteiger partial charge is 0.289 e. The summed E-state index contributed by atoms with van der Waals surface area (Å²) in [5.41, 5.74) is 2.50. The molecule has 1 rings (SSSR count). The van der Waals surface area contributed by atoms with Crippen molar-refractivity contribution in [2.24, 2.45) is 10.9 Å². The molecule has 0 bridgehead atoms. The maximum atomic E-state index is 10.8. The van der Waals surface area contributed by atoms with Crippen LogP contribution < -0.4 is 5.48 Å². The van der Waals surface area contributed by atoms with Gasteiger partial charge in [-0.3, -0.25) is 15.0 Å². The third-order valence-electron chi connectivity index (χ3n) is 1.57. The van der Waals surface area contributed by atoms with E-state index in [4.69, 9.17) is 5.21 Å². The number of aliphatic imine (C=N–C) groups is 1. The number of nitrogens with zero attached hydrogens (tertiary/aromatic N) is 1. The van der Waals surface area contributed by atoms with Gasteiger partial charge in [-0.1, -0.05) is 6.08 Å². The van der Waals surface area contributed by atoms with Gasteiger partial charge in [-0.2, -0.15) is 0 Å². The Hall–Kier alpha value is -1.16. The van der Waals surface area contributed by atoms with Crippen LogP contribution in [0.5, 0.6) is 0 Å². The van der Waals surface area contributed by atoms with Crippen LogP contribution in [0.3, 0.4) is 0 Å². The summed E-state index contributed by atoms with van der Waals surface area (Å²) in [5.74, 6) is -0.721. The van der Waals surface area contributed by atoms with E-state index in [-0.39, 0.29) is 5.92 Å². The van der Waals surface area contributed by atoms with Crippen LogP contribution in [0, 0.1) is 5.92 Å². The molecule has 60 valence electrons. The lowest BCUT2D eigenvalue weighted by molar-refractivity contribution is -0.131. The summed E-state index contributed by atoms with van der Waals surface area (Å²) < 4.78 is 0. The average molecular weight is 154 g/mol. The maximum absolute atomic E-state index is 10.8. The lowest BCUT2D eigenvalue weighted by Gasteiger charge is -2.10. The van der Waals surface area contributed by atoms with Gasteiger partial charge in [-0.05, 0) is 13.3 Å². The first kappa shape index (κ1) is 7.94. The molecule has 1 aliphatic rings. The SMILES string of the molecule is CC1=CCC(C(=O)NO)C=N1. The smallest absolute Gasteiger partial charge is 0.252 e. The van der Waals surface area contributed by atoms with E-state index < -0.39 is 5.91 Å². The van der Waals surface area contributed by atoms with E-state index in [1.807, 2.05) is 13.0 Å². The number of amides is 1. The molecule has 0 saturated heterocycles. The van der Waals surface area contributed by atoms with Gasteiger partial charge < -0.3 is 0 Å². The summed E-state index contributed by atoms with van der Waals surface area (Å²) >= 11 is 0. The fourth-order valence-corrected chi connectivity index (χ4v) is 0.876. The minimum Gasteiger partial charge on any atom is -0.289 e. The second kappa shape index (κ2) is 3.30. The van der Waals surface area contributed by atoms with Crippen molar-refractivity contribution in [3.05, 3.63) is 11.8 Å². The lowest BCUT2D eigenvalue weighted by Crippen LogP contribution is -2.29. The summed E-state index contributed by atoms with van der Waals surface area (Å²) in [5, 5.41) is 8.27. The molecule has 4 nitrogen and oxygen atoms in total. The molecule has 1 aliphatic heterocycles. The van der Waals surface area contributed by atoms with E-state index in [2.05, 4.69) is 4.99 Å². The Morgan fingerprint density at radius 2 is 2.64 bits per heavy atom. The van der Waals surface area contributed by atoms with Crippen molar-refractivity contribution in [2.45, 2.75) is 13.3 Å². The van der Waals surface area contributed by atoms with Crippen LogP contribution in [-0.2, 0) is 4.79 Å². The number of rotatable bonds is 1. The molecule has 1 unspecified atom stereocenters. The Morgan fingerprint density at radius 1 is 1.91 bits per heavy atom. The van der Waals surface area contributed by atoms with Gasteiger partial charge in [-0.15, -0.1) is 0 Å². The normalized spacial score (nSPS) is 22.7. The average Bonchev–Trinajstić information content (AvgIpc) is 2.05. The summed E-state index contributed by atoms with van der Waals surface area (Å²) in [6.45, 7) is 1.86. The Kier molecular flexibility index (Phi) is 2.38. The predicted molar refractivity (Wildman–Crippen MR) is 40.3 cm³/mol. The van der Waals surface area contributed by atoms with E-state index in [0.29, 0.717) is 6.42 Å². The van der Waals surface area contributed by atoms with Crippen LogP contribution in [-0.4, -0.2) is 17.3 Å². The molecule has 1 amide bonds. The first-order valence-corrected chi connectivity index (χ1v) is 3.39. The molecule has 0 aromatic carbocycles. The van der Waals surface area contributed by atoms with Crippen molar-refractivity contribution in [1.82, 2.24) is 5.48 Å². The highest BCUT2D eigenvalue weighted by Crippen LogP contribution is 2.11. The number of hydroxylamine groups is 1. The summed E-state index contributed by atoms with van der Waals surface area (Å²) in [6, 6.07) is 0. The maximum Gasteiger partial charge on any atom is 0.252 e. The predicted octanol–water partition coefficient (Wildman–Crippen LogP) is 0.486. The van der Waals surface area contributed by atoms with Crippen molar-refractivity contribution in [2.75, 3.05) is 0 Å². The number of hydrogen-bond donors (Lipinski definition) is 2. The fourth-order valence-electron chi connectivity index (χ4n) is 0.876. The second-order valence-electron chi connectivity index (χ2n) is 2.44. The van der Waals surface area contributed by atoms with Crippen LogP contribution in [0.2, 0.25) is 0 Å². The van der Waals surface area contributed by atoms with Gasteiger partial charge in [0, 0.05) is 11.9 Å². The molecule has 0 aromatic heterocycles. The van der Waals surface area contributed by atoms with Crippen LogP contribution in [0.4, 0.5) is 0 Å². The number of carbonyl (C=O) groups is 1. The standard InChI is InChI=1S/C7H10N2O2/c1-5-2-3-6(4-8-5)7(10)9-11/h2,4,6,11H,3H2,1H3,(H,9,10). The molecule has 11 heavy (non-hydrogen) atoms. The molecule has 0 saturated carbocycles. The van der Waals surface area contributed by atoms with Crippen LogP contribution in [0.25, 0.3) is 0 Å². The van der Waals surface area contributed by atoms with Gasteiger partial charge in [0.1, 0.15) is 0 Å². The quantitative estimate of drug-likeness (QED) is 0.426. The van der Waals surface area contributed by atoms with E-state index in [1.165, 1.54) is 0 Å². The van der Waals surface area contributed by atoms with Crippen molar-refractivity contribution in [1.29, 1.82) is 0 Å². The molecule has 4 heteroatoms. The van der Waals surface area contributed by atoms with Gasteiger partial charge in [0.25, 0.3) is 5.91 Å². The van der Waals surface area contributed by atoms with Crippen LogP contribution in [0.1, 0.15) is 13.3 Å².